The minimum Gasteiger partial charge on any atom is -0.497 e. The van der Waals surface area contributed by atoms with E-state index in [1.807, 2.05) is 18.2 Å². The Morgan fingerprint density at radius 2 is 1.61 bits per heavy atom. The molecule has 0 saturated heterocycles. The predicted molar refractivity (Wildman–Crippen MR) is 116 cm³/mol. The molecule has 3 rings (SSSR count). The summed E-state index contributed by atoms with van der Waals surface area (Å²) in [5.41, 5.74) is 1.77. The molecule has 0 bridgehead atoms. The van der Waals surface area contributed by atoms with Crippen molar-refractivity contribution in [1.82, 2.24) is 0 Å². The van der Waals surface area contributed by atoms with Crippen LogP contribution in [0.2, 0.25) is 0 Å². The van der Waals surface area contributed by atoms with Crippen molar-refractivity contribution in [2.45, 2.75) is 6.61 Å². The van der Waals surface area contributed by atoms with Crippen LogP contribution in [0, 0.1) is 0 Å². The van der Waals surface area contributed by atoms with Gasteiger partial charge in [0.1, 0.15) is 23.9 Å². The number of carbonyl (C=O) groups excluding carboxylic acids is 2. The van der Waals surface area contributed by atoms with Gasteiger partial charge in [-0.1, -0.05) is 24.3 Å². The second kappa shape index (κ2) is 10.7. The Morgan fingerprint density at radius 3 is 2.35 bits per heavy atom. The van der Waals surface area contributed by atoms with Crippen molar-refractivity contribution in [2.24, 2.45) is 0 Å². The van der Waals surface area contributed by atoms with Crippen LogP contribution < -0.4 is 19.5 Å². The third-order valence-electron chi connectivity index (χ3n) is 4.36. The Labute approximate surface area is 180 Å². The number of para-hydroxylation sites is 1. The molecule has 1 amide bonds. The molecule has 3 aromatic rings. The maximum absolute atomic E-state index is 12.3. The Hall–Kier alpha value is -4.00. The molecule has 0 aromatic heterocycles. The molecule has 0 radical (unpaired) electrons. The number of amides is 1. The fraction of sp³-hybridized carbons (Fsp3) is 0.167. The highest BCUT2D eigenvalue weighted by atomic mass is 16.5. The van der Waals surface area contributed by atoms with Gasteiger partial charge in [-0.05, 0) is 42.5 Å². The van der Waals surface area contributed by atoms with E-state index in [9.17, 15) is 9.59 Å². The van der Waals surface area contributed by atoms with Crippen LogP contribution in [0.5, 0.6) is 17.2 Å². The van der Waals surface area contributed by atoms with Gasteiger partial charge in [0.2, 0.25) is 0 Å². The van der Waals surface area contributed by atoms with Crippen LogP contribution in [0.3, 0.4) is 0 Å². The van der Waals surface area contributed by atoms with E-state index in [0.717, 1.165) is 5.56 Å². The van der Waals surface area contributed by atoms with Gasteiger partial charge in [-0.15, -0.1) is 0 Å². The van der Waals surface area contributed by atoms with Crippen molar-refractivity contribution in [3.8, 4) is 17.2 Å². The van der Waals surface area contributed by atoms with Gasteiger partial charge in [0.05, 0.1) is 19.8 Å². The van der Waals surface area contributed by atoms with Crippen LogP contribution in [0.1, 0.15) is 15.9 Å². The minimum atomic E-state index is -0.465. The number of rotatable bonds is 9. The van der Waals surface area contributed by atoms with E-state index in [1.165, 1.54) is 0 Å². The quantitative estimate of drug-likeness (QED) is 0.524. The smallest absolute Gasteiger partial charge is 0.338 e. The summed E-state index contributed by atoms with van der Waals surface area (Å²) in [6.45, 7) is -0.0691. The molecule has 7 nitrogen and oxygen atoms in total. The monoisotopic (exact) mass is 421 g/mol. The van der Waals surface area contributed by atoms with Gasteiger partial charge in [0.15, 0.2) is 6.61 Å². The van der Waals surface area contributed by atoms with Crippen LogP contribution >= 0.6 is 0 Å². The van der Waals surface area contributed by atoms with Gasteiger partial charge in [0, 0.05) is 17.3 Å². The maximum atomic E-state index is 12.3. The SMILES string of the molecule is COc1cccc(NC(=O)COc2ccc(C(=O)OCc3ccccc3OC)cc2)c1. The Bertz CT molecular complexity index is 1030. The summed E-state index contributed by atoms with van der Waals surface area (Å²) in [5.74, 6) is 0.988. The minimum absolute atomic E-state index is 0.103. The Balaban J connectivity index is 1.49. The molecule has 31 heavy (non-hydrogen) atoms. The highest BCUT2D eigenvalue weighted by molar-refractivity contribution is 5.92. The summed E-state index contributed by atoms with van der Waals surface area (Å²) in [4.78, 5) is 24.3. The fourth-order valence-electron chi connectivity index (χ4n) is 2.78. The summed E-state index contributed by atoms with van der Waals surface area (Å²) in [6, 6.07) is 20.8. The summed E-state index contributed by atoms with van der Waals surface area (Å²) >= 11 is 0. The zero-order chi connectivity index (χ0) is 22.1. The van der Waals surface area contributed by atoms with E-state index in [0.29, 0.717) is 28.5 Å². The first-order valence-corrected chi connectivity index (χ1v) is 9.55. The molecule has 0 fully saturated rings. The maximum Gasteiger partial charge on any atom is 0.338 e. The van der Waals surface area contributed by atoms with Gasteiger partial charge in [-0.2, -0.15) is 0 Å². The second-order valence-corrected chi connectivity index (χ2v) is 6.48. The van der Waals surface area contributed by atoms with Gasteiger partial charge in [0.25, 0.3) is 5.91 Å². The topological polar surface area (TPSA) is 83.1 Å². The molecule has 0 aliphatic carbocycles. The molecule has 160 valence electrons. The van der Waals surface area contributed by atoms with E-state index >= 15 is 0 Å². The van der Waals surface area contributed by atoms with E-state index in [1.54, 1.807) is 68.8 Å². The molecule has 1 N–H and O–H groups in total. The average Bonchev–Trinajstić information content (AvgIpc) is 2.81. The number of methoxy groups -OCH3 is 2. The fourth-order valence-corrected chi connectivity index (χ4v) is 2.78. The van der Waals surface area contributed by atoms with Crippen LogP contribution in [0.25, 0.3) is 0 Å². The Morgan fingerprint density at radius 1 is 0.839 bits per heavy atom. The lowest BCUT2D eigenvalue weighted by atomic mass is 10.2. The number of anilines is 1. The molecule has 7 heteroatoms. The van der Waals surface area contributed by atoms with Crippen LogP contribution in [-0.4, -0.2) is 32.7 Å². The first-order valence-electron chi connectivity index (χ1n) is 9.55. The van der Waals surface area contributed by atoms with Crippen molar-refractivity contribution in [2.75, 3.05) is 26.1 Å². The Kier molecular flexibility index (Phi) is 7.48. The summed E-state index contributed by atoms with van der Waals surface area (Å²) in [7, 11) is 3.12. The molecular weight excluding hydrogens is 398 g/mol. The van der Waals surface area contributed by atoms with Gasteiger partial charge >= 0.3 is 5.97 Å². The molecule has 0 atom stereocenters. The first-order chi connectivity index (χ1) is 15.1. The number of hydrogen-bond donors (Lipinski definition) is 1. The highest BCUT2D eigenvalue weighted by Gasteiger charge is 2.10. The van der Waals surface area contributed by atoms with Gasteiger partial charge < -0.3 is 24.3 Å². The zero-order valence-corrected chi connectivity index (χ0v) is 17.3. The summed E-state index contributed by atoms with van der Waals surface area (Å²) < 4.78 is 21.2. The number of carbonyl (C=O) groups is 2. The summed E-state index contributed by atoms with van der Waals surface area (Å²) in [5, 5.41) is 2.73. The van der Waals surface area contributed by atoms with Crippen molar-refractivity contribution in [1.29, 1.82) is 0 Å². The lowest BCUT2D eigenvalue weighted by Crippen LogP contribution is -2.20. The highest BCUT2D eigenvalue weighted by Crippen LogP contribution is 2.20. The third kappa shape index (κ3) is 6.24. The lowest BCUT2D eigenvalue weighted by molar-refractivity contribution is -0.118. The number of nitrogens with one attached hydrogen (secondary N) is 1. The normalized spacial score (nSPS) is 10.1. The largest absolute Gasteiger partial charge is 0.497 e. The standard InChI is InChI=1S/C24H23NO6/c1-28-21-8-5-7-19(14-21)25-23(26)16-30-20-12-10-17(11-13-20)24(27)31-15-18-6-3-4-9-22(18)29-2/h3-14H,15-16H2,1-2H3,(H,25,26). The molecular formula is C24H23NO6. The number of ether oxygens (including phenoxy) is 4. The van der Waals surface area contributed by atoms with E-state index in [-0.39, 0.29) is 19.1 Å². The average molecular weight is 421 g/mol. The van der Waals surface area contributed by atoms with Crippen molar-refractivity contribution >= 4 is 17.6 Å². The van der Waals surface area contributed by atoms with E-state index in [2.05, 4.69) is 5.32 Å². The first kappa shape index (κ1) is 21.7. The van der Waals surface area contributed by atoms with Crippen molar-refractivity contribution < 1.29 is 28.5 Å². The molecule has 0 aliphatic rings. The molecule has 0 heterocycles. The lowest BCUT2D eigenvalue weighted by Gasteiger charge is -2.10. The van der Waals surface area contributed by atoms with Crippen molar-refractivity contribution in [3.63, 3.8) is 0 Å². The molecule has 0 spiro atoms. The van der Waals surface area contributed by atoms with Crippen molar-refractivity contribution in [3.05, 3.63) is 83.9 Å². The summed E-state index contributed by atoms with van der Waals surface area (Å²) in [6.07, 6.45) is 0. The second-order valence-electron chi connectivity index (χ2n) is 6.48. The molecule has 0 aliphatic heterocycles. The third-order valence-corrected chi connectivity index (χ3v) is 4.36. The predicted octanol–water partition coefficient (Wildman–Crippen LogP) is 4.08. The number of esters is 1. The van der Waals surface area contributed by atoms with Crippen LogP contribution in [0.15, 0.2) is 72.8 Å². The zero-order valence-electron chi connectivity index (χ0n) is 17.3. The number of hydrogen-bond acceptors (Lipinski definition) is 6. The van der Waals surface area contributed by atoms with E-state index in [4.69, 9.17) is 18.9 Å². The van der Waals surface area contributed by atoms with E-state index < -0.39 is 5.97 Å². The van der Waals surface area contributed by atoms with Crippen LogP contribution in [0.4, 0.5) is 5.69 Å². The number of benzene rings is 3. The van der Waals surface area contributed by atoms with Gasteiger partial charge in [-0.25, -0.2) is 4.79 Å². The van der Waals surface area contributed by atoms with Crippen LogP contribution in [-0.2, 0) is 16.1 Å². The molecule has 0 unspecified atom stereocenters. The van der Waals surface area contributed by atoms with Gasteiger partial charge in [-0.3, -0.25) is 4.79 Å². The molecule has 3 aromatic carbocycles. The molecule has 0 saturated carbocycles.